The summed E-state index contributed by atoms with van der Waals surface area (Å²) in [6.07, 6.45) is 0.731. The standard InChI is InChI=1S/C16H17ClN2O4S2/c1-3-10-4-7-14(23-10)13(9-22-2)19-25(20,21)11-5-6-12-15(8-11)24-16(17)18-12/h4-8,13,19H,3,9H2,1-2H3/t13-/m1/s1. The number of ether oxygens (including phenoxy) is 1. The lowest BCUT2D eigenvalue weighted by atomic mass is 10.2. The van der Waals surface area contributed by atoms with E-state index in [9.17, 15) is 8.42 Å². The largest absolute Gasteiger partial charge is 0.464 e. The molecule has 0 saturated carbocycles. The normalized spacial score (nSPS) is 13.4. The van der Waals surface area contributed by atoms with Crippen LogP contribution in [0.15, 0.2) is 39.6 Å². The van der Waals surface area contributed by atoms with Crippen molar-refractivity contribution in [3.8, 4) is 0 Å². The number of aromatic nitrogens is 1. The predicted octanol–water partition coefficient (Wildman–Crippen LogP) is 3.77. The molecular formula is C16H17ClN2O4S2. The first-order chi connectivity index (χ1) is 11.9. The summed E-state index contributed by atoms with van der Waals surface area (Å²) >= 11 is 7.12. The Bertz CT molecular complexity index is 981. The third-order valence-electron chi connectivity index (χ3n) is 3.65. The number of benzene rings is 1. The number of furan rings is 1. The number of halogens is 1. The van der Waals surface area contributed by atoms with Crippen molar-refractivity contribution in [2.45, 2.75) is 24.3 Å². The van der Waals surface area contributed by atoms with E-state index in [0.717, 1.165) is 12.2 Å². The Labute approximate surface area is 154 Å². The number of hydrogen-bond donors (Lipinski definition) is 1. The highest BCUT2D eigenvalue weighted by atomic mass is 35.5. The van der Waals surface area contributed by atoms with Gasteiger partial charge in [-0.05, 0) is 30.3 Å². The molecule has 25 heavy (non-hydrogen) atoms. The van der Waals surface area contributed by atoms with Gasteiger partial charge in [0.05, 0.1) is 21.7 Å². The van der Waals surface area contributed by atoms with Crippen LogP contribution in [0, 0.1) is 0 Å². The molecule has 1 atom stereocenters. The minimum Gasteiger partial charge on any atom is -0.464 e. The average molecular weight is 401 g/mol. The van der Waals surface area contributed by atoms with E-state index in [2.05, 4.69) is 9.71 Å². The van der Waals surface area contributed by atoms with Crippen LogP contribution in [-0.4, -0.2) is 27.1 Å². The van der Waals surface area contributed by atoms with Gasteiger partial charge in [-0.15, -0.1) is 11.3 Å². The van der Waals surface area contributed by atoms with E-state index in [1.54, 1.807) is 18.2 Å². The van der Waals surface area contributed by atoms with Crippen molar-refractivity contribution in [2.75, 3.05) is 13.7 Å². The highest BCUT2D eigenvalue weighted by molar-refractivity contribution is 7.89. The van der Waals surface area contributed by atoms with Gasteiger partial charge < -0.3 is 9.15 Å². The van der Waals surface area contributed by atoms with E-state index in [1.165, 1.54) is 24.5 Å². The molecule has 1 N–H and O–H groups in total. The molecule has 134 valence electrons. The van der Waals surface area contributed by atoms with E-state index in [4.69, 9.17) is 20.8 Å². The highest BCUT2D eigenvalue weighted by Crippen LogP contribution is 2.28. The van der Waals surface area contributed by atoms with Crippen molar-refractivity contribution in [3.05, 3.63) is 46.3 Å². The third kappa shape index (κ3) is 4.04. The van der Waals surface area contributed by atoms with Gasteiger partial charge >= 0.3 is 0 Å². The monoisotopic (exact) mass is 400 g/mol. The lowest BCUT2D eigenvalue weighted by Crippen LogP contribution is -2.31. The van der Waals surface area contributed by atoms with Crippen LogP contribution in [-0.2, 0) is 21.2 Å². The van der Waals surface area contributed by atoms with Crippen molar-refractivity contribution in [2.24, 2.45) is 0 Å². The summed E-state index contributed by atoms with van der Waals surface area (Å²) in [5, 5.41) is 0. The van der Waals surface area contributed by atoms with Gasteiger partial charge in [0.1, 0.15) is 17.6 Å². The minimum absolute atomic E-state index is 0.142. The molecule has 0 unspecified atom stereocenters. The molecule has 3 aromatic rings. The SMILES string of the molecule is CCc1ccc([C@@H](COC)NS(=O)(=O)c2ccc3nc(Cl)sc3c2)o1. The van der Waals surface area contributed by atoms with E-state index >= 15 is 0 Å². The van der Waals surface area contributed by atoms with Crippen molar-refractivity contribution in [3.63, 3.8) is 0 Å². The number of aryl methyl sites for hydroxylation is 1. The molecular weight excluding hydrogens is 384 g/mol. The number of rotatable bonds is 7. The van der Waals surface area contributed by atoms with Gasteiger partial charge in [0.25, 0.3) is 0 Å². The molecule has 6 nitrogen and oxygen atoms in total. The summed E-state index contributed by atoms with van der Waals surface area (Å²) in [6, 6.07) is 7.68. The smallest absolute Gasteiger partial charge is 0.241 e. The minimum atomic E-state index is -3.76. The fraction of sp³-hybridized carbons (Fsp3) is 0.312. The van der Waals surface area contributed by atoms with Gasteiger partial charge in [-0.3, -0.25) is 0 Å². The van der Waals surface area contributed by atoms with Crippen molar-refractivity contribution < 1.29 is 17.6 Å². The van der Waals surface area contributed by atoms with E-state index < -0.39 is 16.1 Å². The molecule has 1 aromatic carbocycles. The maximum absolute atomic E-state index is 12.8. The van der Waals surface area contributed by atoms with Crippen molar-refractivity contribution in [1.29, 1.82) is 0 Å². The maximum Gasteiger partial charge on any atom is 0.241 e. The van der Waals surface area contributed by atoms with Gasteiger partial charge in [0, 0.05) is 13.5 Å². The Balaban J connectivity index is 1.90. The molecule has 9 heteroatoms. The number of thiazole rings is 1. The number of nitrogens with zero attached hydrogens (tertiary/aromatic N) is 1. The molecule has 2 aromatic heterocycles. The van der Waals surface area contributed by atoms with Gasteiger partial charge in [-0.1, -0.05) is 18.5 Å². The van der Waals surface area contributed by atoms with E-state index in [-0.39, 0.29) is 11.5 Å². The van der Waals surface area contributed by atoms with Crippen LogP contribution < -0.4 is 4.72 Å². The fourth-order valence-electron chi connectivity index (χ4n) is 2.41. The van der Waals surface area contributed by atoms with Crippen LogP contribution in [0.1, 0.15) is 24.5 Å². The summed E-state index contributed by atoms with van der Waals surface area (Å²) in [5.41, 5.74) is 0.668. The molecule has 3 rings (SSSR count). The molecule has 0 saturated heterocycles. The Hall–Kier alpha value is -1.45. The second-order valence-corrected chi connectivity index (χ2v) is 8.71. The molecule has 0 aliphatic heterocycles. The fourth-order valence-corrected chi connectivity index (χ4v) is 4.77. The second kappa shape index (κ2) is 7.43. The Morgan fingerprint density at radius 1 is 1.36 bits per heavy atom. The lowest BCUT2D eigenvalue weighted by Gasteiger charge is -2.16. The summed E-state index contributed by atoms with van der Waals surface area (Å²) in [6.45, 7) is 2.12. The van der Waals surface area contributed by atoms with Crippen molar-refractivity contribution in [1.82, 2.24) is 9.71 Å². The molecule has 2 heterocycles. The summed E-state index contributed by atoms with van der Waals surface area (Å²) in [5.74, 6) is 1.31. The molecule has 0 bridgehead atoms. The number of hydrogen-bond acceptors (Lipinski definition) is 6. The molecule has 0 spiro atoms. The zero-order valence-electron chi connectivity index (χ0n) is 13.7. The first-order valence-corrected chi connectivity index (χ1v) is 10.3. The number of sulfonamides is 1. The van der Waals surface area contributed by atoms with Crippen LogP contribution >= 0.6 is 22.9 Å². The van der Waals surface area contributed by atoms with Gasteiger partial charge in [-0.25, -0.2) is 13.4 Å². The number of methoxy groups -OCH3 is 1. The summed E-state index contributed by atoms with van der Waals surface area (Å²) in [4.78, 5) is 4.26. The van der Waals surface area contributed by atoms with Crippen LogP contribution in [0.5, 0.6) is 0 Å². The van der Waals surface area contributed by atoms with Gasteiger partial charge in [0.15, 0.2) is 4.47 Å². The Kier molecular flexibility index (Phi) is 5.45. The Morgan fingerprint density at radius 2 is 2.16 bits per heavy atom. The molecule has 0 amide bonds. The predicted molar refractivity (Wildman–Crippen MR) is 97.7 cm³/mol. The topological polar surface area (TPSA) is 81.4 Å². The molecule has 0 aliphatic rings. The van der Waals surface area contributed by atoms with E-state index in [0.29, 0.717) is 20.4 Å². The van der Waals surface area contributed by atoms with Crippen LogP contribution in [0.25, 0.3) is 10.2 Å². The van der Waals surface area contributed by atoms with Crippen LogP contribution in [0.4, 0.5) is 0 Å². The summed E-state index contributed by atoms with van der Waals surface area (Å²) < 4.78 is 40.1. The third-order valence-corrected chi connectivity index (χ3v) is 6.24. The van der Waals surface area contributed by atoms with E-state index in [1.807, 2.05) is 13.0 Å². The van der Waals surface area contributed by atoms with Gasteiger partial charge in [0.2, 0.25) is 10.0 Å². The highest BCUT2D eigenvalue weighted by Gasteiger charge is 2.24. The second-order valence-electron chi connectivity index (χ2n) is 5.38. The van der Waals surface area contributed by atoms with Gasteiger partial charge in [-0.2, -0.15) is 4.72 Å². The first-order valence-electron chi connectivity index (χ1n) is 7.59. The first kappa shape index (κ1) is 18.3. The number of fused-ring (bicyclic) bond motifs is 1. The maximum atomic E-state index is 12.8. The molecule has 0 aliphatic carbocycles. The quantitative estimate of drug-likeness (QED) is 0.652. The lowest BCUT2D eigenvalue weighted by molar-refractivity contribution is 0.166. The Morgan fingerprint density at radius 3 is 2.84 bits per heavy atom. The van der Waals surface area contributed by atoms with Crippen LogP contribution in [0.2, 0.25) is 4.47 Å². The number of nitrogens with one attached hydrogen (secondary N) is 1. The van der Waals surface area contributed by atoms with Crippen LogP contribution in [0.3, 0.4) is 0 Å². The molecule has 0 fully saturated rings. The zero-order chi connectivity index (χ0) is 18.0. The summed E-state index contributed by atoms with van der Waals surface area (Å²) in [7, 11) is -2.25. The molecule has 0 radical (unpaired) electrons. The average Bonchev–Trinajstić information content (AvgIpc) is 3.18. The zero-order valence-corrected chi connectivity index (χ0v) is 16.0. The van der Waals surface area contributed by atoms with Crippen molar-refractivity contribution >= 4 is 43.2 Å².